The van der Waals surface area contributed by atoms with Crippen molar-refractivity contribution in [2.45, 2.75) is 45.4 Å². The van der Waals surface area contributed by atoms with E-state index in [1.165, 1.54) is 0 Å². The summed E-state index contributed by atoms with van der Waals surface area (Å²) in [6.45, 7) is 4.69. The van der Waals surface area contributed by atoms with Gasteiger partial charge in [0, 0.05) is 12.2 Å². The Kier molecular flexibility index (Phi) is 5.90. The Morgan fingerprint density at radius 2 is 2.00 bits per heavy atom. The van der Waals surface area contributed by atoms with E-state index < -0.39 is 23.5 Å². The van der Waals surface area contributed by atoms with E-state index in [1.807, 2.05) is 0 Å². The third-order valence-electron chi connectivity index (χ3n) is 4.37. The zero-order valence-corrected chi connectivity index (χ0v) is 13.7. The summed E-state index contributed by atoms with van der Waals surface area (Å²) in [7, 11) is 0. The van der Waals surface area contributed by atoms with Gasteiger partial charge in [0.1, 0.15) is 5.92 Å². The van der Waals surface area contributed by atoms with E-state index in [2.05, 4.69) is 24.5 Å². The van der Waals surface area contributed by atoms with E-state index in [-0.39, 0.29) is 0 Å². The Morgan fingerprint density at radius 1 is 1.26 bits per heavy atom. The molecule has 1 aromatic rings. The topological polar surface area (TPSA) is 75.3 Å². The molecule has 0 spiro atoms. The van der Waals surface area contributed by atoms with Gasteiger partial charge in [0.15, 0.2) is 0 Å². The molecule has 0 saturated heterocycles. The lowest BCUT2D eigenvalue weighted by Gasteiger charge is -2.15. The van der Waals surface area contributed by atoms with Crippen LogP contribution in [0.1, 0.15) is 51.0 Å². The minimum atomic E-state index is -1.03. The van der Waals surface area contributed by atoms with Crippen molar-refractivity contribution in [1.29, 1.82) is 0 Å². The molecule has 0 bridgehead atoms. The van der Waals surface area contributed by atoms with Crippen LogP contribution in [-0.4, -0.2) is 24.1 Å². The van der Waals surface area contributed by atoms with Crippen molar-refractivity contribution in [3.05, 3.63) is 29.8 Å². The minimum absolute atomic E-state index is 0.372. The summed E-state index contributed by atoms with van der Waals surface area (Å²) in [5.41, 5.74) is 1.19. The van der Waals surface area contributed by atoms with Gasteiger partial charge in [-0.15, -0.1) is 0 Å². The monoisotopic (exact) mass is 316 g/mol. The number of benzene rings is 1. The summed E-state index contributed by atoms with van der Waals surface area (Å²) in [5, 5.41) is 5.35. The lowest BCUT2D eigenvalue weighted by atomic mass is 9.95. The number of unbranched alkanes of at least 4 members (excludes halogenated alkanes) is 1. The van der Waals surface area contributed by atoms with E-state index in [1.54, 1.807) is 24.3 Å². The molecule has 2 amide bonds. The van der Waals surface area contributed by atoms with Crippen LogP contribution in [0.4, 0.5) is 5.69 Å². The van der Waals surface area contributed by atoms with Crippen molar-refractivity contribution in [2.75, 3.05) is 11.9 Å². The Balaban J connectivity index is 1.97. The van der Waals surface area contributed by atoms with Gasteiger partial charge >= 0.3 is 0 Å². The molecule has 2 N–H and O–H groups in total. The lowest BCUT2D eigenvalue weighted by Crippen LogP contribution is -2.39. The van der Waals surface area contributed by atoms with Crippen molar-refractivity contribution in [3.63, 3.8) is 0 Å². The molecule has 0 aliphatic carbocycles. The maximum Gasteiger partial charge on any atom is 0.288 e. The number of amides is 2. The second kappa shape index (κ2) is 7.90. The molecule has 0 radical (unpaired) electrons. The van der Waals surface area contributed by atoms with Crippen LogP contribution >= 0.6 is 0 Å². The summed E-state index contributed by atoms with van der Waals surface area (Å²) < 4.78 is 0. The highest BCUT2D eigenvalue weighted by molar-refractivity contribution is 6.44. The fraction of sp³-hybridized carbons (Fsp3) is 0.500. The average molecular weight is 316 g/mol. The highest BCUT2D eigenvalue weighted by Gasteiger charge is 2.39. The zero-order chi connectivity index (χ0) is 16.8. The van der Waals surface area contributed by atoms with Crippen LogP contribution in [0, 0.1) is 5.92 Å². The normalized spacial score (nSPS) is 17.3. The Bertz CT molecular complexity index is 598. The number of ketones is 1. The van der Waals surface area contributed by atoms with E-state index >= 15 is 0 Å². The van der Waals surface area contributed by atoms with Crippen LogP contribution in [-0.2, 0) is 14.4 Å². The fourth-order valence-electron chi connectivity index (χ4n) is 2.87. The molecule has 5 nitrogen and oxygen atoms in total. The molecule has 1 aromatic carbocycles. The maximum atomic E-state index is 12.4. The van der Waals surface area contributed by atoms with Crippen LogP contribution in [0.5, 0.6) is 0 Å². The second-order valence-corrected chi connectivity index (χ2v) is 6.00. The van der Waals surface area contributed by atoms with Crippen molar-refractivity contribution >= 4 is 23.3 Å². The number of hydrogen-bond donors (Lipinski definition) is 2. The molecule has 1 aliphatic rings. The lowest BCUT2D eigenvalue weighted by molar-refractivity contribution is -0.140. The molecule has 0 unspecified atom stereocenters. The minimum Gasteiger partial charge on any atom is -0.349 e. The number of carbonyl (C=O) groups excluding carboxylic acids is 3. The Morgan fingerprint density at radius 3 is 2.70 bits per heavy atom. The van der Waals surface area contributed by atoms with Crippen LogP contribution in [0.15, 0.2) is 24.3 Å². The van der Waals surface area contributed by atoms with Gasteiger partial charge in [-0.05, 0) is 24.0 Å². The first kappa shape index (κ1) is 17.2. The predicted octanol–water partition coefficient (Wildman–Crippen LogP) is 2.62. The van der Waals surface area contributed by atoms with Crippen LogP contribution in [0.3, 0.4) is 0 Å². The number of carbonyl (C=O) groups is 3. The van der Waals surface area contributed by atoms with E-state index in [0.717, 1.165) is 25.7 Å². The molecular formula is C18H24N2O3. The SMILES string of the molecule is CCCC[C@@H](CC)CNC(=O)C(=O)[C@H]1C(=O)Nc2ccccc21. The predicted molar refractivity (Wildman–Crippen MR) is 89.1 cm³/mol. The number of nitrogens with one attached hydrogen (secondary N) is 2. The van der Waals surface area contributed by atoms with Crippen LogP contribution < -0.4 is 10.6 Å². The number of Topliss-reactive ketones (excluding diaryl/α,β-unsaturated/α-hetero) is 1. The largest absolute Gasteiger partial charge is 0.349 e. The third kappa shape index (κ3) is 3.97. The number of hydrogen-bond acceptors (Lipinski definition) is 3. The average Bonchev–Trinajstić information content (AvgIpc) is 2.89. The van der Waals surface area contributed by atoms with Crippen molar-refractivity contribution in [2.24, 2.45) is 5.92 Å². The molecule has 124 valence electrons. The Hall–Kier alpha value is -2.17. The summed E-state index contributed by atoms with van der Waals surface area (Å²) in [6, 6.07) is 6.98. The quantitative estimate of drug-likeness (QED) is 0.572. The number of rotatable bonds is 8. The molecule has 1 aliphatic heterocycles. The van der Waals surface area contributed by atoms with Crippen LogP contribution in [0.25, 0.3) is 0 Å². The highest BCUT2D eigenvalue weighted by Crippen LogP contribution is 2.32. The molecular weight excluding hydrogens is 292 g/mol. The molecule has 0 fully saturated rings. The number of fused-ring (bicyclic) bond motifs is 1. The van der Waals surface area contributed by atoms with Gasteiger partial charge in [-0.1, -0.05) is 51.3 Å². The first-order valence-corrected chi connectivity index (χ1v) is 8.30. The number of anilines is 1. The van der Waals surface area contributed by atoms with Gasteiger partial charge in [-0.2, -0.15) is 0 Å². The smallest absolute Gasteiger partial charge is 0.288 e. The number of para-hydroxylation sites is 1. The van der Waals surface area contributed by atoms with Crippen molar-refractivity contribution in [1.82, 2.24) is 5.32 Å². The third-order valence-corrected chi connectivity index (χ3v) is 4.37. The second-order valence-electron chi connectivity index (χ2n) is 6.00. The van der Waals surface area contributed by atoms with Crippen LogP contribution in [0.2, 0.25) is 0 Å². The van der Waals surface area contributed by atoms with Gasteiger partial charge in [0.05, 0.1) is 0 Å². The molecule has 0 aromatic heterocycles. The summed E-state index contributed by atoms with van der Waals surface area (Å²) >= 11 is 0. The molecule has 2 atom stereocenters. The molecule has 2 rings (SSSR count). The summed E-state index contributed by atoms with van der Waals surface area (Å²) in [6.07, 6.45) is 4.22. The zero-order valence-electron chi connectivity index (χ0n) is 13.7. The summed E-state index contributed by atoms with van der Waals surface area (Å²) in [5.74, 6) is -2.43. The standard InChI is InChI=1S/C18H24N2O3/c1-3-5-8-12(4-2)11-19-18(23)16(21)15-13-9-6-7-10-14(13)20-17(15)22/h6-7,9-10,12,15H,3-5,8,11H2,1-2H3,(H,19,23)(H,20,22)/t12-,15+/m1/s1. The van der Waals surface area contributed by atoms with Gasteiger partial charge in [-0.25, -0.2) is 0 Å². The first-order valence-electron chi connectivity index (χ1n) is 8.30. The van der Waals surface area contributed by atoms with Gasteiger partial charge in [-0.3, -0.25) is 14.4 Å². The Labute approximate surface area is 136 Å². The van der Waals surface area contributed by atoms with E-state index in [0.29, 0.717) is 23.7 Å². The van der Waals surface area contributed by atoms with Crippen molar-refractivity contribution < 1.29 is 14.4 Å². The molecule has 23 heavy (non-hydrogen) atoms. The van der Waals surface area contributed by atoms with E-state index in [9.17, 15) is 14.4 Å². The summed E-state index contributed by atoms with van der Waals surface area (Å²) in [4.78, 5) is 36.5. The fourth-order valence-corrected chi connectivity index (χ4v) is 2.87. The van der Waals surface area contributed by atoms with Gasteiger partial charge in [0.25, 0.3) is 5.91 Å². The van der Waals surface area contributed by atoms with Gasteiger partial charge < -0.3 is 10.6 Å². The van der Waals surface area contributed by atoms with E-state index in [4.69, 9.17) is 0 Å². The van der Waals surface area contributed by atoms with Crippen molar-refractivity contribution in [3.8, 4) is 0 Å². The molecule has 0 saturated carbocycles. The molecule has 5 heteroatoms. The van der Waals surface area contributed by atoms with Gasteiger partial charge in [0.2, 0.25) is 11.7 Å². The highest BCUT2D eigenvalue weighted by atomic mass is 16.2. The molecule has 1 heterocycles. The first-order chi connectivity index (χ1) is 11.1. The maximum absolute atomic E-state index is 12.4.